The van der Waals surface area contributed by atoms with E-state index in [1.54, 1.807) is 6.92 Å². The standard InChI is InChI=1S/C11H10BrF2N3/c1-6(15)11-4-16-5-17(11)10-3-8(13)7(12)2-9(10)14/h2-6H,15H2,1H3/t6-/m1/s1. The maximum absolute atomic E-state index is 13.8. The fourth-order valence-electron chi connectivity index (χ4n) is 1.54. The number of hydrogen-bond acceptors (Lipinski definition) is 2. The van der Waals surface area contributed by atoms with Crippen molar-refractivity contribution in [3.8, 4) is 5.69 Å². The molecule has 6 heteroatoms. The van der Waals surface area contributed by atoms with Gasteiger partial charge in [-0.1, -0.05) is 0 Å². The lowest BCUT2D eigenvalue weighted by molar-refractivity contribution is 0.583. The first-order valence-corrected chi connectivity index (χ1v) is 5.72. The second kappa shape index (κ2) is 4.54. The Morgan fingerprint density at radius 1 is 1.35 bits per heavy atom. The van der Waals surface area contributed by atoms with Crippen molar-refractivity contribution in [3.63, 3.8) is 0 Å². The molecule has 0 spiro atoms. The van der Waals surface area contributed by atoms with Gasteiger partial charge in [0.1, 0.15) is 11.6 Å². The second-order valence-corrected chi connectivity index (χ2v) is 4.55. The molecule has 2 rings (SSSR count). The summed E-state index contributed by atoms with van der Waals surface area (Å²) in [6, 6.07) is 1.87. The summed E-state index contributed by atoms with van der Waals surface area (Å²) < 4.78 is 28.7. The third-order valence-corrected chi connectivity index (χ3v) is 2.99. The minimum absolute atomic E-state index is 0.0845. The van der Waals surface area contributed by atoms with Crippen molar-refractivity contribution in [2.75, 3.05) is 0 Å². The number of nitrogens with two attached hydrogens (primary N) is 1. The number of benzene rings is 1. The van der Waals surface area contributed by atoms with Gasteiger partial charge < -0.3 is 5.73 Å². The molecule has 0 bridgehead atoms. The number of aromatic nitrogens is 2. The third kappa shape index (κ3) is 2.23. The molecule has 0 aliphatic rings. The van der Waals surface area contributed by atoms with Crippen molar-refractivity contribution in [1.82, 2.24) is 9.55 Å². The third-order valence-electron chi connectivity index (χ3n) is 2.38. The van der Waals surface area contributed by atoms with Gasteiger partial charge in [-0.2, -0.15) is 0 Å². The predicted octanol–water partition coefficient (Wildman–Crippen LogP) is 2.93. The van der Waals surface area contributed by atoms with Gasteiger partial charge in [0.2, 0.25) is 0 Å². The molecule has 90 valence electrons. The van der Waals surface area contributed by atoms with Crippen LogP contribution in [0.4, 0.5) is 8.78 Å². The predicted molar refractivity (Wildman–Crippen MR) is 63.8 cm³/mol. The maximum atomic E-state index is 13.8. The van der Waals surface area contributed by atoms with E-state index >= 15 is 0 Å². The Hall–Kier alpha value is -1.27. The average molecular weight is 302 g/mol. The second-order valence-electron chi connectivity index (χ2n) is 3.69. The molecule has 1 aromatic heterocycles. The fourth-order valence-corrected chi connectivity index (χ4v) is 1.86. The topological polar surface area (TPSA) is 43.8 Å². The van der Waals surface area contributed by atoms with Crippen LogP contribution in [0.2, 0.25) is 0 Å². The van der Waals surface area contributed by atoms with Crippen LogP contribution in [0.1, 0.15) is 18.7 Å². The zero-order chi connectivity index (χ0) is 12.6. The van der Waals surface area contributed by atoms with Crippen LogP contribution in [-0.2, 0) is 0 Å². The van der Waals surface area contributed by atoms with Crippen LogP contribution in [-0.4, -0.2) is 9.55 Å². The van der Waals surface area contributed by atoms with E-state index in [1.807, 2.05) is 0 Å². The molecule has 17 heavy (non-hydrogen) atoms. The quantitative estimate of drug-likeness (QED) is 0.867. The smallest absolute Gasteiger partial charge is 0.148 e. The lowest BCUT2D eigenvalue weighted by Gasteiger charge is -2.12. The van der Waals surface area contributed by atoms with E-state index in [0.717, 1.165) is 12.1 Å². The first-order valence-electron chi connectivity index (χ1n) is 4.93. The van der Waals surface area contributed by atoms with Crippen molar-refractivity contribution >= 4 is 15.9 Å². The van der Waals surface area contributed by atoms with Crippen LogP contribution in [0.5, 0.6) is 0 Å². The van der Waals surface area contributed by atoms with Crippen molar-refractivity contribution < 1.29 is 8.78 Å². The molecule has 0 amide bonds. The van der Waals surface area contributed by atoms with Crippen LogP contribution in [0, 0.1) is 11.6 Å². The zero-order valence-electron chi connectivity index (χ0n) is 8.99. The van der Waals surface area contributed by atoms with Crippen LogP contribution in [0.15, 0.2) is 29.1 Å². The summed E-state index contributed by atoms with van der Waals surface area (Å²) in [6.07, 6.45) is 2.94. The van der Waals surface area contributed by atoms with Crippen molar-refractivity contribution in [1.29, 1.82) is 0 Å². The number of imidazole rings is 1. The number of rotatable bonds is 2. The van der Waals surface area contributed by atoms with Crippen molar-refractivity contribution in [2.24, 2.45) is 5.73 Å². The van der Waals surface area contributed by atoms with Crippen molar-refractivity contribution in [3.05, 3.63) is 46.5 Å². The van der Waals surface area contributed by atoms with Crippen LogP contribution < -0.4 is 5.73 Å². The zero-order valence-corrected chi connectivity index (χ0v) is 10.6. The highest BCUT2D eigenvalue weighted by Gasteiger charge is 2.14. The first-order chi connectivity index (χ1) is 8.00. The van der Waals surface area contributed by atoms with E-state index in [2.05, 4.69) is 20.9 Å². The van der Waals surface area contributed by atoms with Gasteiger partial charge in [0.25, 0.3) is 0 Å². The molecule has 0 saturated carbocycles. The molecule has 0 radical (unpaired) electrons. The SMILES string of the molecule is C[C@@H](N)c1cncn1-c1cc(F)c(Br)cc1F. The molecular weight excluding hydrogens is 292 g/mol. The molecule has 0 saturated heterocycles. The van der Waals surface area contributed by atoms with E-state index in [9.17, 15) is 8.78 Å². The highest BCUT2D eigenvalue weighted by molar-refractivity contribution is 9.10. The van der Waals surface area contributed by atoms with Gasteiger partial charge in [-0.3, -0.25) is 4.57 Å². The van der Waals surface area contributed by atoms with Gasteiger partial charge in [-0.25, -0.2) is 13.8 Å². The lowest BCUT2D eigenvalue weighted by atomic mass is 10.2. The molecule has 2 N–H and O–H groups in total. The van der Waals surface area contributed by atoms with Crippen molar-refractivity contribution in [2.45, 2.75) is 13.0 Å². The summed E-state index contributed by atoms with van der Waals surface area (Å²) in [5.74, 6) is -1.08. The Kier molecular flexibility index (Phi) is 3.26. The summed E-state index contributed by atoms with van der Waals surface area (Å²) in [5.41, 5.74) is 6.44. The Morgan fingerprint density at radius 3 is 2.71 bits per heavy atom. The lowest BCUT2D eigenvalue weighted by Crippen LogP contribution is -2.11. The molecule has 1 aromatic carbocycles. The molecule has 2 aromatic rings. The van der Waals surface area contributed by atoms with Crippen LogP contribution >= 0.6 is 15.9 Å². The van der Waals surface area contributed by atoms with E-state index < -0.39 is 11.6 Å². The Bertz CT molecular complexity index is 552. The van der Waals surface area contributed by atoms with Gasteiger partial charge in [0.05, 0.1) is 28.4 Å². The molecule has 1 atom stereocenters. The van der Waals surface area contributed by atoms with Gasteiger partial charge >= 0.3 is 0 Å². The maximum Gasteiger partial charge on any atom is 0.148 e. The summed E-state index contributed by atoms with van der Waals surface area (Å²) >= 11 is 2.93. The Morgan fingerprint density at radius 2 is 2.06 bits per heavy atom. The summed E-state index contributed by atoms with van der Waals surface area (Å²) in [4.78, 5) is 3.90. The van der Waals surface area contributed by atoms with Gasteiger partial charge in [0, 0.05) is 12.1 Å². The van der Waals surface area contributed by atoms with E-state index in [-0.39, 0.29) is 16.2 Å². The average Bonchev–Trinajstić information content (AvgIpc) is 2.72. The molecule has 0 fully saturated rings. The number of halogens is 3. The van der Waals surface area contributed by atoms with E-state index in [1.165, 1.54) is 17.1 Å². The largest absolute Gasteiger partial charge is 0.323 e. The highest BCUT2D eigenvalue weighted by Crippen LogP contribution is 2.24. The van der Waals surface area contributed by atoms with E-state index in [4.69, 9.17) is 5.73 Å². The van der Waals surface area contributed by atoms with Crippen LogP contribution in [0.25, 0.3) is 5.69 Å². The monoisotopic (exact) mass is 301 g/mol. The minimum Gasteiger partial charge on any atom is -0.323 e. The molecule has 1 heterocycles. The fraction of sp³-hybridized carbons (Fsp3) is 0.182. The van der Waals surface area contributed by atoms with Crippen LogP contribution in [0.3, 0.4) is 0 Å². The Balaban J connectivity index is 2.60. The van der Waals surface area contributed by atoms with Gasteiger partial charge in [-0.15, -0.1) is 0 Å². The molecular formula is C11H10BrF2N3. The summed E-state index contributed by atoms with van der Waals surface area (Å²) in [6.45, 7) is 1.75. The Labute approximate surface area is 105 Å². The summed E-state index contributed by atoms with van der Waals surface area (Å²) in [7, 11) is 0. The highest BCUT2D eigenvalue weighted by atomic mass is 79.9. The number of hydrogen-bond donors (Lipinski definition) is 1. The first kappa shape index (κ1) is 12.2. The molecule has 3 nitrogen and oxygen atoms in total. The molecule has 0 unspecified atom stereocenters. The van der Waals surface area contributed by atoms with Gasteiger partial charge in [0.15, 0.2) is 0 Å². The number of nitrogens with zero attached hydrogens (tertiary/aromatic N) is 2. The minimum atomic E-state index is -0.543. The van der Waals surface area contributed by atoms with E-state index in [0.29, 0.717) is 5.69 Å². The molecule has 0 aliphatic heterocycles. The summed E-state index contributed by atoms with van der Waals surface area (Å²) in [5, 5.41) is 0. The van der Waals surface area contributed by atoms with Gasteiger partial charge in [-0.05, 0) is 28.9 Å². The normalized spacial score (nSPS) is 12.8. The molecule has 0 aliphatic carbocycles.